The summed E-state index contributed by atoms with van der Waals surface area (Å²) < 4.78 is 0. The molecular formula is C11H16N2O. The molecule has 0 unspecified atom stereocenters. The Morgan fingerprint density at radius 1 is 1.21 bits per heavy atom. The molecule has 0 aromatic heterocycles. The quantitative estimate of drug-likeness (QED) is 0.751. The molecule has 0 heterocycles. The van der Waals surface area contributed by atoms with Crippen molar-refractivity contribution in [3.8, 4) is 0 Å². The van der Waals surface area contributed by atoms with Crippen molar-refractivity contribution >= 4 is 6.03 Å². The summed E-state index contributed by atoms with van der Waals surface area (Å²) in [4.78, 5) is 11.2. The second kappa shape index (κ2) is 6.02. The van der Waals surface area contributed by atoms with E-state index in [0.717, 1.165) is 18.5 Å². The Hall–Kier alpha value is -1.51. The fraction of sp³-hybridized carbons (Fsp3) is 0.364. The normalized spacial score (nSPS) is 9.50. The van der Waals surface area contributed by atoms with Crippen LogP contribution in [0.1, 0.15) is 18.9 Å². The zero-order valence-corrected chi connectivity index (χ0v) is 8.42. The average molecular weight is 192 g/mol. The molecule has 0 saturated carbocycles. The van der Waals surface area contributed by atoms with E-state index >= 15 is 0 Å². The van der Waals surface area contributed by atoms with Crippen molar-refractivity contribution in [1.82, 2.24) is 10.6 Å². The highest BCUT2D eigenvalue weighted by molar-refractivity contribution is 5.73. The minimum Gasteiger partial charge on any atom is -0.338 e. The Morgan fingerprint density at radius 3 is 2.57 bits per heavy atom. The number of urea groups is 1. The van der Waals surface area contributed by atoms with Gasteiger partial charge in [-0.1, -0.05) is 37.3 Å². The van der Waals surface area contributed by atoms with Crippen LogP contribution in [0.25, 0.3) is 0 Å². The summed E-state index contributed by atoms with van der Waals surface area (Å²) in [5.74, 6) is 0. The molecule has 0 fully saturated rings. The average Bonchev–Trinajstić information content (AvgIpc) is 2.25. The van der Waals surface area contributed by atoms with Crippen LogP contribution in [0, 0.1) is 0 Å². The van der Waals surface area contributed by atoms with E-state index in [1.807, 2.05) is 37.3 Å². The molecule has 0 radical (unpaired) electrons. The van der Waals surface area contributed by atoms with Gasteiger partial charge in [-0.3, -0.25) is 0 Å². The fourth-order valence-electron chi connectivity index (χ4n) is 1.08. The Morgan fingerprint density at radius 2 is 1.93 bits per heavy atom. The maximum absolute atomic E-state index is 11.2. The van der Waals surface area contributed by atoms with Crippen LogP contribution in [0.15, 0.2) is 30.3 Å². The van der Waals surface area contributed by atoms with Gasteiger partial charge in [-0.2, -0.15) is 0 Å². The number of benzene rings is 1. The standard InChI is InChI=1S/C11H16N2O/c1-2-8-12-11(14)13-9-10-6-4-3-5-7-10/h3-7H,2,8-9H2,1H3,(H2,12,13,14). The molecule has 0 aliphatic heterocycles. The van der Waals surface area contributed by atoms with Crippen LogP contribution in [-0.2, 0) is 6.54 Å². The molecule has 1 aromatic carbocycles. The summed E-state index contributed by atoms with van der Waals surface area (Å²) in [6.45, 7) is 3.33. The van der Waals surface area contributed by atoms with Gasteiger partial charge in [-0.05, 0) is 12.0 Å². The molecule has 14 heavy (non-hydrogen) atoms. The van der Waals surface area contributed by atoms with Crippen LogP contribution in [0.2, 0.25) is 0 Å². The topological polar surface area (TPSA) is 41.1 Å². The summed E-state index contributed by atoms with van der Waals surface area (Å²) in [6, 6.07) is 9.75. The number of amides is 2. The second-order valence-electron chi connectivity index (χ2n) is 3.10. The van der Waals surface area contributed by atoms with Gasteiger partial charge >= 0.3 is 6.03 Å². The molecule has 0 spiro atoms. The summed E-state index contributed by atoms with van der Waals surface area (Å²) in [5.41, 5.74) is 1.11. The zero-order valence-electron chi connectivity index (χ0n) is 8.42. The molecule has 1 aromatic rings. The first kappa shape index (κ1) is 10.6. The van der Waals surface area contributed by atoms with Crippen molar-refractivity contribution in [3.63, 3.8) is 0 Å². The lowest BCUT2D eigenvalue weighted by Crippen LogP contribution is -2.35. The van der Waals surface area contributed by atoms with Crippen LogP contribution in [0.3, 0.4) is 0 Å². The maximum atomic E-state index is 11.2. The first-order chi connectivity index (χ1) is 6.83. The van der Waals surface area contributed by atoms with Crippen molar-refractivity contribution in [3.05, 3.63) is 35.9 Å². The predicted octanol–water partition coefficient (Wildman–Crippen LogP) is 1.90. The van der Waals surface area contributed by atoms with Crippen molar-refractivity contribution in [2.75, 3.05) is 6.54 Å². The Bertz CT molecular complexity index is 272. The monoisotopic (exact) mass is 192 g/mol. The number of carbonyl (C=O) groups excluding carboxylic acids is 1. The molecular weight excluding hydrogens is 176 g/mol. The molecule has 3 nitrogen and oxygen atoms in total. The molecule has 0 aliphatic rings. The third-order valence-corrected chi connectivity index (χ3v) is 1.83. The van der Waals surface area contributed by atoms with E-state index in [9.17, 15) is 4.79 Å². The Balaban J connectivity index is 2.24. The lowest BCUT2D eigenvalue weighted by atomic mass is 10.2. The molecule has 2 N–H and O–H groups in total. The van der Waals surface area contributed by atoms with E-state index in [1.165, 1.54) is 0 Å². The summed E-state index contributed by atoms with van der Waals surface area (Å²) in [5, 5.41) is 5.54. The second-order valence-corrected chi connectivity index (χ2v) is 3.10. The van der Waals surface area contributed by atoms with Gasteiger partial charge in [-0.15, -0.1) is 0 Å². The van der Waals surface area contributed by atoms with Crippen LogP contribution in [0.4, 0.5) is 4.79 Å². The van der Waals surface area contributed by atoms with E-state index in [4.69, 9.17) is 0 Å². The van der Waals surface area contributed by atoms with Crippen molar-refractivity contribution in [2.45, 2.75) is 19.9 Å². The van der Waals surface area contributed by atoms with Gasteiger partial charge in [0.1, 0.15) is 0 Å². The lowest BCUT2D eigenvalue weighted by Gasteiger charge is -2.06. The molecule has 3 heteroatoms. The number of hydrogen-bond donors (Lipinski definition) is 2. The number of carbonyl (C=O) groups is 1. The van der Waals surface area contributed by atoms with E-state index in [2.05, 4.69) is 10.6 Å². The highest BCUT2D eigenvalue weighted by Gasteiger charge is 1.97. The number of hydrogen-bond acceptors (Lipinski definition) is 1. The van der Waals surface area contributed by atoms with E-state index in [-0.39, 0.29) is 6.03 Å². The zero-order chi connectivity index (χ0) is 10.2. The van der Waals surface area contributed by atoms with Gasteiger partial charge in [0, 0.05) is 13.1 Å². The van der Waals surface area contributed by atoms with E-state index in [1.54, 1.807) is 0 Å². The van der Waals surface area contributed by atoms with E-state index in [0.29, 0.717) is 6.54 Å². The summed E-state index contributed by atoms with van der Waals surface area (Å²) in [7, 11) is 0. The first-order valence-electron chi connectivity index (χ1n) is 4.88. The molecule has 0 saturated heterocycles. The highest BCUT2D eigenvalue weighted by atomic mass is 16.2. The first-order valence-corrected chi connectivity index (χ1v) is 4.88. The minimum absolute atomic E-state index is 0.101. The predicted molar refractivity (Wildman–Crippen MR) is 57.0 cm³/mol. The van der Waals surface area contributed by atoms with Gasteiger partial charge in [0.25, 0.3) is 0 Å². The lowest BCUT2D eigenvalue weighted by molar-refractivity contribution is 0.240. The summed E-state index contributed by atoms with van der Waals surface area (Å²) >= 11 is 0. The van der Waals surface area contributed by atoms with Crippen molar-refractivity contribution in [2.24, 2.45) is 0 Å². The van der Waals surface area contributed by atoms with Crippen molar-refractivity contribution < 1.29 is 4.79 Å². The molecule has 0 bridgehead atoms. The SMILES string of the molecule is CCCNC(=O)NCc1ccccc1. The maximum Gasteiger partial charge on any atom is 0.315 e. The van der Waals surface area contributed by atoms with Crippen LogP contribution >= 0.6 is 0 Å². The Labute approximate surface area is 84.5 Å². The van der Waals surface area contributed by atoms with Gasteiger partial charge in [0.15, 0.2) is 0 Å². The molecule has 0 atom stereocenters. The highest BCUT2D eigenvalue weighted by Crippen LogP contribution is 1.96. The number of nitrogens with one attached hydrogen (secondary N) is 2. The van der Waals surface area contributed by atoms with E-state index < -0.39 is 0 Å². The smallest absolute Gasteiger partial charge is 0.315 e. The molecule has 76 valence electrons. The van der Waals surface area contributed by atoms with Crippen LogP contribution < -0.4 is 10.6 Å². The third-order valence-electron chi connectivity index (χ3n) is 1.83. The third kappa shape index (κ3) is 3.94. The molecule has 2 amide bonds. The largest absolute Gasteiger partial charge is 0.338 e. The minimum atomic E-state index is -0.101. The number of rotatable bonds is 4. The van der Waals surface area contributed by atoms with Gasteiger partial charge in [0.05, 0.1) is 0 Å². The van der Waals surface area contributed by atoms with Crippen molar-refractivity contribution in [1.29, 1.82) is 0 Å². The van der Waals surface area contributed by atoms with Crippen LogP contribution in [0.5, 0.6) is 0 Å². The Kier molecular flexibility index (Phi) is 4.55. The fourth-order valence-corrected chi connectivity index (χ4v) is 1.08. The van der Waals surface area contributed by atoms with Gasteiger partial charge < -0.3 is 10.6 Å². The van der Waals surface area contributed by atoms with Crippen LogP contribution in [-0.4, -0.2) is 12.6 Å². The molecule has 1 rings (SSSR count). The molecule has 0 aliphatic carbocycles. The van der Waals surface area contributed by atoms with Gasteiger partial charge in [0.2, 0.25) is 0 Å². The van der Waals surface area contributed by atoms with Gasteiger partial charge in [-0.25, -0.2) is 4.79 Å². The summed E-state index contributed by atoms with van der Waals surface area (Å²) in [6.07, 6.45) is 0.957.